The van der Waals surface area contributed by atoms with Crippen molar-refractivity contribution >= 4 is 27.7 Å². The molecule has 2 aromatic carbocycles. The van der Waals surface area contributed by atoms with Gasteiger partial charge in [0.2, 0.25) is 5.91 Å². The maximum Gasteiger partial charge on any atom is 0.261 e. The predicted octanol–water partition coefficient (Wildman–Crippen LogP) is 5.40. The number of halogens is 1. The number of hydrogen-bond donors (Lipinski definition) is 1. The molecule has 1 aliphatic rings. The molecule has 1 saturated carbocycles. The standard InChI is InChI=1S/C27H35BrN2O4/c1-4-25(27(32)29-21-10-6-5-7-11-21)30(17-20-9-8-12-22(16-20)33-3)26(31)18-34-23-13-14-24(28)19(2)15-23/h8-9,12-16,21,25H,4-7,10-11,17-18H2,1-3H3,(H,29,32)/t25-/m1/s1. The maximum absolute atomic E-state index is 13.4. The summed E-state index contributed by atoms with van der Waals surface area (Å²) in [5.41, 5.74) is 1.92. The first kappa shape index (κ1) is 26.1. The van der Waals surface area contributed by atoms with Crippen LogP contribution in [-0.4, -0.2) is 42.5 Å². The maximum atomic E-state index is 13.4. The number of aryl methyl sites for hydroxylation is 1. The van der Waals surface area contributed by atoms with E-state index in [4.69, 9.17) is 9.47 Å². The summed E-state index contributed by atoms with van der Waals surface area (Å²) in [7, 11) is 1.61. The summed E-state index contributed by atoms with van der Waals surface area (Å²) in [6.07, 6.45) is 6.00. The Labute approximate surface area is 211 Å². The van der Waals surface area contributed by atoms with E-state index in [2.05, 4.69) is 21.2 Å². The minimum Gasteiger partial charge on any atom is -0.497 e. The van der Waals surface area contributed by atoms with E-state index in [-0.39, 0.29) is 24.5 Å². The average molecular weight is 531 g/mol. The van der Waals surface area contributed by atoms with Crippen LogP contribution in [0.2, 0.25) is 0 Å². The molecule has 3 rings (SSSR count). The van der Waals surface area contributed by atoms with Crippen molar-refractivity contribution in [3.05, 3.63) is 58.1 Å². The van der Waals surface area contributed by atoms with Gasteiger partial charge >= 0.3 is 0 Å². The van der Waals surface area contributed by atoms with Crippen molar-refractivity contribution in [1.29, 1.82) is 0 Å². The Morgan fingerprint density at radius 2 is 1.88 bits per heavy atom. The Kier molecular flexibility index (Phi) is 9.81. The largest absolute Gasteiger partial charge is 0.497 e. The van der Waals surface area contributed by atoms with Crippen molar-refractivity contribution in [2.24, 2.45) is 0 Å². The molecule has 1 fully saturated rings. The van der Waals surface area contributed by atoms with Gasteiger partial charge in [-0.25, -0.2) is 0 Å². The Morgan fingerprint density at radius 1 is 1.12 bits per heavy atom. The SMILES string of the molecule is CC[C@H](C(=O)NC1CCCCC1)N(Cc1cccc(OC)c1)C(=O)COc1ccc(Br)c(C)c1. The molecule has 34 heavy (non-hydrogen) atoms. The second-order valence-electron chi connectivity index (χ2n) is 8.84. The highest BCUT2D eigenvalue weighted by Gasteiger charge is 2.30. The van der Waals surface area contributed by atoms with Gasteiger partial charge in [0, 0.05) is 17.1 Å². The van der Waals surface area contributed by atoms with E-state index in [1.54, 1.807) is 12.0 Å². The summed E-state index contributed by atoms with van der Waals surface area (Å²) >= 11 is 3.48. The molecular formula is C27H35BrN2O4. The quantitative estimate of drug-likeness (QED) is 0.446. The first-order chi connectivity index (χ1) is 16.4. The summed E-state index contributed by atoms with van der Waals surface area (Å²) in [6.45, 7) is 4.07. The molecule has 1 atom stereocenters. The van der Waals surface area contributed by atoms with Gasteiger partial charge in [0.15, 0.2) is 6.61 Å². The minimum absolute atomic E-state index is 0.0925. The summed E-state index contributed by atoms with van der Waals surface area (Å²) in [4.78, 5) is 28.3. The zero-order chi connectivity index (χ0) is 24.5. The van der Waals surface area contributed by atoms with Crippen LogP contribution < -0.4 is 14.8 Å². The van der Waals surface area contributed by atoms with E-state index < -0.39 is 6.04 Å². The fourth-order valence-corrected chi connectivity index (χ4v) is 4.61. The molecule has 2 aromatic rings. The Bertz CT molecular complexity index is 975. The van der Waals surface area contributed by atoms with E-state index in [1.807, 2.05) is 56.3 Å². The zero-order valence-corrected chi connectivity index (χ0v) is 21.9. The molecule has 0 radical (unpaired) electrons. The van der Waals surface area contributed by atoms with Crippen LogP contribution in [0.1, 0.15) is 56.6 Å². The highest BCUT2D eigenvalue weighted by atomic mass is 79.9. The van der Waals surface area contributed by atoms with Crippen LogP contribution >= 0.6 is 15.9 Å². The molecule has 0 bridgehead atoms. The third kappa shape index (κ3) is 7.23. The van der Waals surface area contributed by atoms with Crippen molar-refractivity contribution in [3.8, 4) is 11.5 Å². The van der Waals surface area contributed by atoms with Gasteiger partial charge in [0.1, 0.15) is 17.5 Å². The van der Waals surface area contributed by atoms with Crippen molar-refractivity contribution < 1.29 is 19.1 Å². The second-order valence-corrected chi connectivity index (χ2v) is 9.69. The Hall–Kier alpha value is -2.54. The number of nitrogens with one attached hydrogen (secondary N) is 1. The number of methoxy groups -OCH3 is 1. The van der Waals surface area contributed by atoms with Crippen LogP contribution in [0.3, 0.4) is 0 Å². The molecule has 0 aliphatic heterocycles. The first-order valence-corrected chi connectivity index (χ1v) is 12.8. The van der Waals surface area contributed by atoms with Crippen LogP contribution in [-0.2, 0) is 16.1 Å². The molecule has 1 N–H and O–H groups in total. The van der Waals surface area contributed by atoms with E-state index in [0.717, 1.165) is 41.3 Å². The number of hydrogen-bond acceptors (Lipinski definition) is 4. The number of nitrogens with zero attached hydrogens (tertiary/aromatic N) is 1. The third-order valence-electron chi connectivity index (χ3n) is 6.32. The molecule has 0 heterocycles. The predicted molar refractivity (Wildman–Crippen MR) is 137 cm³/mol. The van der Waals surface area contributed by atoms with Gasteiger partial charge in [-0.2, -0.15) is 0 Å². The molecule has 0 aromatic heterocycles. The fraction of sp³-hybridized carbons (Fsp3) is 0.481. The number of rotatable bonds is 10. The van der Waals surface area contributed by atoms with Crippen LogP contribution in [0, 0.1) is 6.92 Å². The number of amides is 2. The van der Waals surface area contributed by atoms with Crippen molar-refractivity contribution in [2.75, 3.05) is 13.7 Å². The second kappa shape index (κ2) is 12.8. The van der Waals surface area contributed by atoms with Crippen LogP contribution in [0.25, 0.3) is 0 Å². The number of carbonyl (C=O) groups is 2. The normalized spacial score (nSPS) is 14.8. The lowest BCUT2D eigenvalue weighted by Crippen LogP contribution is -2.52. The van der Waals surface area contributed by atoms with Gasteiger partial charge in [-0.15, -0.1) is 0 Å². The lowest BCUT2D eigenvalue weighted by Gasteiger charge is -2.32. The highest BCUT2D eigenvalue weighted by molar-refractivity contribution is 9.10. The molecule has 0 unspecified atom stereocenters. The number of ether oxygens (including phenoxy) is 2. The fourth-order valence-electron chi connectivity index (χ4n) is 4.37. The smallest absolute Gasteiger partial charge is 0.261 e. The zero-order valence-electron chi connectivity index (χ0n) is 20.3. The van der Waals surface area contributed by atoms with E-state index in [0.29, 0.717) is 24.5 Å². The van der Waals surface area contributed by atoms with Crippen LogP contribution in [0.15, 0.2) is 46.9 Å². The first-order valence-electron chi connectivity index (χ1n) is 12.0. The molecule has 7 heteroatoms. The summed E-state index contributed by atoms with van der Waals surface area (Å²) in [5.74, 6) is 1.01. The van der Waals surface area contributed by atoms with Crippen molar-refractivity contribution in [1.82, 2.24) is 10.2 Å². The Balaban J connectivity index is 1.77. The summed E-state index contributed by atoms with van der Waals surface area (Å²) in [5, 5.41) is 3.20. The van der Waals surface area contributed by atoms with Crippen LogP contribution in [0.5, 0.6) is 11.5 Å². The van der Waals surface area contributed by atoms with Gasteiger partial charge in [0.25, 0.3) is 5.91 Å². The summed E-state index contributed by atoms with van der Waals surface area (Å²) in [6, 6.07) is 12.8. The van der Waals surface area contributed by atoms with Crippen LogP contribution in [0.4, 0.5) is 0 Å². The van der Waals surface area contributed by atoms with Gasteiger partial charge in [-0.05, 0) is 67.6 Å². The highest BCUT2D eigenvalue weighted by Crippen LogP contribution is 2.23. The molecule has 184 valence electrons. The Morgan fingerprint density at radius 3 is 2.56 bits per heavy atom. The lowest BCUT2D eigenvalue weighted by atomic mass is 9.95. The van der Waals surface area contributed by atoms with Gasteiger partial charge in [-0.1, -0.05) is 54.2 Å². The topological polar surface area (TPSA) is 67.9 Å². The van der Waals surface area contributed by atoms with Gasteiger partial charge in [-0.3, -0.25) is 9.59 Å². The van der Waals surface area contributed by atoms with E-state index in [1.165, 1.54) is 6.42 Å². The number of carbonyl (C=O) groups excluding carboxylic acids is 2. The molecule has 0 saturated heterocycles. The van der Waals surface area contributed by atoms with Gasteiger partial charge in [0.05, 0.1) is 7.11 Å². The minimum atomic E-state index is -0.573. The molecule has 2 amide bonds. The van der Waals surface area contributed by atoms with E-state index >= 15 is 0 Å². The molecule has 6 nitrogen and oxygen atoms in total. The van der Waals surface area contributed by atoms with E-state index in [9.17, 15) is 9.59 Å². The summed E-state index contributed by atoms with van der Waals surface area (Å²) < 4.78 is 12.2. The number of benzene rings is 2. The van der Waals surface area contributed by atoms with Crippen molar-refractivity contribution in [2.45, 2.75) is 71.0 Å². The third-order valence-corrected chi connectivity index (χ3v) is 7.21. The monoisotopic (exact) mass is 530 g/mol. The molecule has 1 aliphatic carbocycles. The van der Waals surface area contributed by atoms with Crippen molar-refractivity contribution in [3.63, 3.8) is 0 Å². The van der Waals surface area contributed by atoms with Gasteiger partial charge < -0.3 is 19.7 Å². The molecule has 0 spiro atoms. The average Bonchev–Trinajstić information content (AvgIpc) is 2.85. The lowest BCUT2D eigenvalue weighted by molar-refractivity contribution is -0.143. The molecular weight excluding hydrogens is 496 g/mol.